The molecule has 0 N–H and O–H groups in total. The Kier molecular flexibility index (Phi) is 11.9. The van der Waals surface area contributed by atoms with Gasteiger partial charge in [-0.1, -0.05) is 54.6 Å². The van der Waals surface area contributed by atoms with Crippen molar-refractivity contribution in [3.05, 3.63) is 183 Å². The van der Waals surface area contributed by atoms with E-state index in [9.17, 15) is 0 Å². The molecular weight excluding hydrogens is 492 g/mol. The van der Waals surface area contributed by atoms with Crippen molar-refractivity contribution in [2.75, 3.05) is 0 Å². The molecular formula is C37H32Ti-4. The Bertz CT molecular complexity index is 1490. The molecule has 1 heteroatoms. The SMILES string of the molecule is [CH2-]c1ccccc1.[CH2-]c1ccccc1.[CH2]=[Ti].c1ccc2[cH-]ccc2c1.c1ccc2c(c1)[cH-]c1ccccc12. The predicted molar refractivity (Wildman–Crippen MR) is 166 cm³/mol. The van der Waals surface area contributed by atoms with Gasteiger partial charge >= 0.3 is 24.8 Å². The fraction of sp³-hybridized carbons (Fsp3) is 0. The average molecular weight is 525 g/mol. The first-order valence-electron chi connectivity index (χ1n) is 12.4. The largest absolute Gasteiger partial charge is 0.168 e. The van der Waals surface area contributed by atoms with Crippen LogP contribution in [-0.4, -0.2) is 4.82 Å². The minimum absolute atomic E-state index is 1.07. The van der Waals surface area contributed by atoms with Crippen LogP contribution in [0.3, 0.4) is 0 Å². The van der Waals surface area contributed by atoms with Crippen LogP contribution in [0.1, 0.15) is 11.1 Å². The Hall–Kier alpha value is -4.10. The van der Waals surface area contributed by atoms with E-state index in [-0.39, 0.29) is 0 Å². The van der Waals surface area contributed by atoms with Gasteiger partial charge in [0.1, 0.15) is 0 Å². The maximum Gasteiger partial charge on any atom is -0.0771 e. The quantitative estimate of drug-likeness (QED) is 0.137. The van der Waals surface area contributed by atoms with Gasteiger partial charge in [0.25, 0.3) is 0 Å². The van der Waals surface area contributed by atoms with Crippen molar-refractivity contribution >= 4 is 37.1 Å². The van der Waals surface area contributed by atoms with Gasteiger partial charge in [-0.15, -0.1) is 93.7 Å². The Balaban J connectivity index is 0.000000142. The zero-order valence-electron chi connectivity index (χ0n) is 21.6. The molecule has 0 spiro atoms. The van der Waals surface area contributed by atoms with Crippen molar-refractivity contribution in [3.63, 3.8) is 0 Å². The van der Waals surface area contributed by atoms with Crippen LogP contribution >= 0.6 is 0 Å². The van der Waals surface area contributed by atoms with Crippen LogP contribution in [0.5, 0.6) is 0 Å². The maximum absolute atomic E-state index is 3.72. The second kappa shape index (κ2) is 15.9. The van der Waals surface area contributed by atoms with Crippen LogP contribution in [-0.2, 0) is 20.0 Å². The summed E-state index contributed by atoms with van der Waals surface area (Å²) in [6.07, 6.45) is 0. The van der Waals surface area contributed by atoms with Gasteiger partial charge in [-0.25, -0.2) is 0 Å². The molecule has 188 valence electrons. The van der Waals surface area contributed by atoms with E-state index < -0.39 is 0 Å². The summed E-state index contributed by atoms with van der Waals surface area (Å²) in [4.78, 5) is 3.25. The van der Waals surface area contributed by atoms with Gasteiger partial charge in [0.15, 0.2) is 0 Å². The molecule has 0 fully saturated rings. The topological polar surface area (TPSA) is 0 Å². The molecule has 0 aliphatic rings. The molecule has 0 bridgehead atoms. The number of hydrogen-bond donors (Lipinski definition) is 0. The van der Waals surface area contributed by atoms with Crippen molar-refractivity contribution in [2.24, 2.45) is 0 Å². The second-order valence-corrected chi connectivity index (χ2v) is 8.44. The van der Waals surface area contributed by atoms with E-state index >= 15 is 0 Å². The first-order valence-corrected chi connectivity index (χ1v) is 13.5. The zero-order chi connectivity index (χ0) is 27.0. The Morgan fingerprint density at radius 1 is 0.447 bits per heavy atom. The molecule has 0 saturated heterocycles. The van der Waals surface area contributed by atoms with Crippen LogP contribution in [0.15, 0.2) is 158 Å². The molecule has 0 amide bonds. The average Bonchev–Trinajstić information content (AvgIpc) is 3.61. The van der Waals surface area contributed by atoms with Crippen molar-refractivity contribution in [2.45, 2.75) is 0 Å². The summed E-state index contributed by atoms with van der Waals surface area (Å²) in [5.41, 5.74) is 2.14. The summed E-state index contributed by atoms with van der Waals surface area (Å²) in [5, 5.41) is 8.05. The summed E-state index contributed by atoms with van der Waals surface area (Å²) < 4.78 is 0. The van der Waals surface area contributed by atoms with Gasteiger partial charge in [0.2, 0.25) is 0 Å². The van der Waals surface area contributed by atoms with Crippen molar-refractivity contribution in [1.82, 2.24) is 0 Å². The monoisotopic (exact) mass is 524 g/mol. The van der Waals surface area contributed by atoms with E-state index in [1.165, 1.54) is 32.3 Å². The first-order chi connectivity index (χ1) is 18.7. The minimum atomic E-state index is 1.07. The molecule has 0 atom stereocenters. The van der Waals surface area contributed by atoms with E-state index in [0.717, 1.165) is 11.1 Å². The van der Waals surface area contributed by atoms with Gasteiger partial charge in [-0.05, 0) is 0 Å². The number of fused-ring (bicyclic) bond motifs is 4. The third-order valence-corrected chi connectivity index (χ3v) is 5.76. The third kappa shape index (κ3) is 8.78. The third-order valence-electron chi connectivity index (χ3n) is 5.76. The molecule has 0 nitrogen and oxygen atoms in total. The summed E-state index contributed by atoms with van der Waals surface area (Å²) in [7, 11) is 0. The van der Waals surface area contributed by atoms with Crippen LogP contribution in [0.4, 0.5) is 0 Å². The summed E-state index contributed by atoms with van der Waals surface area (Å²) in [5.74, 6) is 0. The molecule has 0 radical (unpaired) electrons. The molecule has 7 aromatic rings. The molecule has 0 heterocycles. The standard InChI is InChI=1S/C13H9.C9H7.2C7H7.CH2.Ti/c1-3-7-12-10(5-1)9-11-6-2-4-8-13(11)12;1-2-5-9-7-3-6-8(9)4-1;2*1-7-5-3-2-4-6-7;;/h1-9H;1-7H;2*2-6H,1H2;1H2;/q4*-1;;. The molecule has 38 heavy (non-hydrogen) atoms. The Morgan fingerprint density at radius 2 is 0.842 bits per heavy atom. The van der Waals surface area contributed by atoms with Gasteiger partial charge < -0.3 is 0 Å². The predicted octanol–water partition coefficient (Wildman–Crippen LogP) is 9.97. The van der Waals surface area contributed by atoms with Crippen LogP contribution in [0.25, 0.3) is 32.3 Å². The Labute approximate surface area is 238 Å². The molecule has 0 aromatic heterocycles. The van der Waals surface area contributed by atoms with E-state index in [1.54, 1.807) is 20.0 Å². The molecule has 0 aliphatic heterocycles. The molecule has 0 aliphatic carbocycles. The van der Waals surface area contributed by atoms with Gasteiger partial charge in [0, 0.05) is 0 Å². The first kappa shape index (κ1) is 28.5. The molecule has 0 saturated carbocycles. The van der Waals surface area contributed by atoms with E-state index in [1.807, 2.05) is 60.7 Å². The molecule has 7 rings (SSSR count). The van der Waals surface area contributed by atoms with Crippen LogP contribution in [0, 0.1) is 13.8 Å². The number of rotatable bonds is 0. The second-order valence-electron chi connectivity index (χ2n) is 8.44. The zero-order valence-corrected chi connectivity index (χ0v) is 23.2. The fourth-order valence-corrected chi connectivity index (χ4v) is 3.93. The van der Waals surface area contributed by atoms with Crippen molar-refractivity contribution in [1.29, 1.82) is 0 Å². The number of benzene rings is 5. The smallest absolute Gasteiger partial charge is 0.0771 e. The van der Waals surface area contributed by atoms with Crippen molar-refractivity contribution in [3.8, 4) is 0 Å². The van der Waals surface area contributed by atoms with E-state index in [2.05, 4.69) is 116 Å². The molecule has 7 aromatic carbocycles. The van der Waals surface area contributed by atoms with Gasteiger partial charge in [-0.3, -0.25) is 0 Å². The summed E-state index contributed by atoms with van der Waals surface area (Å²) in [6, 6.07) is 53.7. The van der Waals surface area contributed by atoms with Gasteiger partial charge in [0.05, 0.1) is 0 Å². The summed E-state index contributed by atoms with van der Waals surface area (Å²) in [6.45, 7) is 7.44. The summed E-state index contributed by atoms with van der Waals surface area (Å²) >= 11 is 1.75. The minimum Gasteiger partial charge on any atom is -0.168 e. The van der Waals surface area contributed by atoms with Crippen LogP contribution in [0.2, 0.25) is 0 Å². The van der Waals surface area contributed by atoms with E-state index in [0.29, 0.717) is 0 Å². The van der Waals surface area contributed by atoms with Crippen molar-refractivity contribution < 1.29 is 20.0 Å². The van der Waals surface area contributed by atoms with E-state index in [4.69, 9.17) is 0 Å². The maximum atomic E-state index is 3.72. The fourth-order valence-electron chi connectivity index (χ4n) is 3.93. The van der Waals surface area contributed by atoms with Gasteiger partial charge in [-0.2, -0.15) is 66.8 Å². The van der Waals surface area contributed by atoms with Crippen LogP contribution < -0.4 is 0 Å². The Morgan fingerprint density at radius 3 is 1.26 bits per heavy atom. The normalized spacial score (nSPS) is 9.45. The molecule has 0 unspecified atom stereocenters. The number of hydrogen-bond acceptors (Lipinski definition) is 0.